The molecule has 2 unspecified atom stereocenters. The molecule has 3 nitrogen and oxygen atoms in total. The first-order valence-corrected chi connectivity index (χ1v) is 7.95. The third-order valence-corrected chi connectivity index (χ3v) is 4.58. The van der Waals surface area contributed by atoms with E-state index in [1.165, 1.54) is 71.2 Å². The normalized spacial score (nSPS) is 31.7. The van der Waals surface area contributed by atoms with Gasteiger partial charge < -0.3 is 15.1 Å². The Morgan fingerprint density at radius 1 is 1.11 bits per heavy atom. The van der Waals surface area contributed by atoms with Crippen molar-refractivity contribution in [1.82, 2.24) is 15.1 Å². The first kappa shape index (κ1) is 14.3. The Balaban J connectivity index is 1.74. The van der Waals surface area contributed by atoms with Crippen molar-refractivity contribution in [3.63, 3.8) is 0 Å². The maximum absolute atomic E-state index is 3.69. The topological polar surface area (TPSA) is 18.5 Å². The fourth-order valence-corrected chi connectivity index (χ4v) is 3.41. The predicted octanol–water partition coefficient (Wildman–Crippen LogP) is 1.93. The minimum Gasteiger partial charge on any atom is -0.313 e. The van der Waals surface area contributed by atoms with E-state index >= 15 is 0 Å². The molecule has 0 aromatic carbocycles. The van der Waals surface area contributed by atoms with E-state index in [0.29, 0.717) is 0 Å². The molecule has 0 aromatic rings. The van der Waals surface area contributed by atoms with Crippen molar-refractivity contribution >= 4 is 0 Å². The summed E-state index contributed by atoms with van der Waals surface area (Å²) >= 11 is 0. The Kier molecular flexibility index (Phi) is 5.93. The highest BCUT2D eigenvalue weighted by molar-refractivity contribution is 4.83. The van der Waals surface area contributed by atoms with Crippen LogP contribution in [0.4, 0.5) is 0 Å². The Bertz CT molecular complexity index is 232. The van der Waals surface area contributed by atoms with Crippen LogP contribution in [0.3, 0.4) is 0 Å². The Hall–Kier alpha value is -0.120. The van der Waals surface area contributed by atoms with Gasteiger partial charge in [-0.05, 0) is 58.8 Å². The van der Waals surface area contributed by atoms with Gasteiger partial charge in [-0.15, -0.1) is 0 Å². The SMILES string of the molecule is CCCNC1CCCN(CC2CCCCN2C)C1. The quantitative estimate of drug-likeness (QED) is 0.808. The fraction of sp³-hybridized carbons (Fsp3) is 1.00. The van der Waals surface area contributed by atoms with Crippen molar-refractivity contribution in [2.45, 2.75) is 57.5 Å². The molecular formula is C15H31N3. The van der Waals surface area contributed by atoms with Crippen LogP contribution in [-0.2, 0) is 0 Å². The van der Waals surface area contributed by atoms with Crippen molar-refractivity contribution < 1.29 is 0 Å². The lowest BCUT2D eigenvalue weighted by molar-refractivity contribution is 0.106. The van der Waals surface area contributed by atoms with Crippen LogP contribution < -0.4 is 5.32 Å². The number of nitrogens with one attached hydrogen (secondary N) is 1. The Morgan fingerprint density at radius 3 is 2.78 bits per heavy atom. The smallest absolute Gasteiger partial charge is 0.0220 e. The zero-order valence-electron chi connectivity index (χ0n) is 12.3. The molecule has 2 aliphatic heterocycles. The van der Waals surface area contributed by atoms with Crippen molar-refractivity contribution in [3.05, 3.63) is 0 Å². The predicted molar refractivity (Wildman–Crippen MR) is 78.0 cm³/mol. The molecule has 18 heavy (non-hydrogen) atoms. The van der Waals surface area contributed by atoms with Gasteiger partial charge >= 0.3 is 0 Å². The summed E-state index contributed by atoms with van der Waals surface area (Å²) < 4.78 is 0. The molecule has 0 aromatic heterocycles. The Labute approximate surface area is 113 Å². The van der Waals surface area contributed by atoms with Gasteiger partial charge in [0.15, 0.2) is 0 Å². The summed E-state index contributed by atoms with van der Waals surface area (Å²) in [6, 6.07) is 1.55. The van der Waals surface area contributed by atoms with E-state index in [4.69, 9.17) is 0 Å². The zero-order chi connectivity index (χ0) is 12.8. The first-order chi connectivity index (χ1) is 8.79. The molecule has 0 saturated carbocycles. The highest BCUT2D eigenvalue weighted by Crippen LogP contribution is 2.18. The summed E-state index contributed by atoms with van der Waals surface area (Å²) in [5.74, 6) is 0. The van der Waals surface area contributed by atoms with Crippen molar-refractivity contribution in [3.8, 4) is 0 Å². The summed E-state index contributed by atoms with van der Waals surface area (Å²) in [5, 5.41) is 3.69. The van der Waals surface area contributed by atoms with Crippen LogP contribution >= 0.6 is 0 Å². The molecule has 0 amide bonds. The summed E-state index contributed by atoms with van der Waals surface area (Å²) in [6.45, 7) is 8.61. The minimum absolute atomic E-state index is 0.743. The number of nitrogens with zero attached hydrogens (tertiary/aromatic N) is 2. The number of rotatable bonds is 5. The van der Waals surface area contributed by atoms with Gasteiger partial charge in [0.2, 0.25) is 0 Å². The highest BCUT2D eigenvalue weighted by Gasteiger charge is 2.25. The van der Waals surface area contributed by atoms with Crippen LogP contribution in [-0.4, -0.2) is 61.7 Å². The molecular weight excluding hydrogens is 222 g/mol. The molecule has 2 rings (SSSR count). The molecule has 2 atom stereocenters. The monoisotopic (exact) mass is 253 g/mol. The van der Waals surface area contributed by atoms with Crippen molar-refractivity contribution in [1.29, 1.82) is 0 Å². The van der Waals surface area contributed by atoms with Crippen LogP contribution in [0, 0.1) is 0 Å². The molecule has 0 spiro atoms. The minimum atomic E-state index is 0.743. The van der Waals surface area contributed by atoms with E-state index < -0.39 is 0 Å². The summed E-state index contributed by atoms with van der Waals surface area (Å²) in [4.78, 5) is 5.27. The Morgan fingerprint density at radius 2 is 2.00 bits per heavy atom. The third kappa shape index (κ3) is 4.22. The molecule has 3 heteroatoms. The van der Waals surface area contributed by atoms with Gasteiger partial charge in [0, 0.05) is 25.2 Å². The lowest BCUT2D eigenvalue weighted by Crippen LogP contribution is -2.51. The van der Waals surface area contributed by atoms with Crippen LogP contribution in [0.25, 0.3) is 0 Å². The lowest BCUT2D eigenvalue weighted by atomic mass is 10.00. The van der Waals surface area contributed by atoms with E-state index in [2.05, 4.69) is 29.1 Å². The van der Waals surface area contributed by atoms with Crippen LogP contribution in [0.5, 0.6) is 0 Å². The number of hydrogen-bond acceptors (Lipinski definition) is 3. The molecule has 2 fully saturated rings. The van der Waals surface area contributed by atoms with E-state index in [1.807, 2.05) is 0 Å². The summed E-state index contributed by atoms with van der Waals surface area (Å²) in [7, 11) is 2.31. The third-order valence-electron chi connectivity index (χ3n) is 4.58. The van der Waals surface area contributed by atoms with E-state index in [0.717, 1.165) is 12.1 Å². The van der Waals surface area contributed by atoms with Gasteiger partial charge in [-0.1, -0.05) is 13.3 Å². The average Bonchev–Trinajstić information content (AvgIpc) is 2.40. The second kappa shape index (κ2) is 7.46. The molecule has 0 bridgehead atoms. The average molecular weight is 253 g/mol. The molecule has 0 aliphatic carbocycles. The number of likely N-dealkylation sites (tertiary alicyclic amines) is 2. The van der Waals surface area contributed by atoms with Gasteiger partial charge in [0.25, 0.3) is 0 Å². The van der Waals surface area contributed by atoms with E-state index in [-0.39, 0.29) is 0 Å². The number of likely N-dealkylation sites (N-methyl/N-ethyl adjacent to an activating group) is 1. The maximum atomic E-state index is 3.69. The highest BCUT2D eigenvalue weighted by atomic mass is 15.2. The largest absolute Gasteiger partial charge is 0.313 e. The fourth-order valence-electron chi connectivity index (χ4n) is 3.41. The number of piperidine rings is 2. The second-order valence-corrected chi connectivity index (χ2v) is 6.18. The maximum Gasteiger partial charge on any atom is 0.0220 e. The summed E-state index contributed by atoms with van der Waals surface area (Å²) in [6.07, 6.45) is 8.23. The van der Waals surface area contributed by atoms with Gasteiger partial charge in [0.1, 0.15) is 0 Å². The van der Waals surface area contributed by atoms with Gasteiger partial charge in [-0.25, -0.2) is 0 Å². The molecule has 0 radical (unpaired) electrons. The van der Waals surface area contributed by atoms with Crippen LogP contribution in [0.1, 0.15) is 45.4 Å². The second-order valence-electron chi connectivity index (χ2n) is 6.18. The standard InChI is InChI=1S/C15H31N3/c1-3-9-16-14-7-6-11-18(12-14)13-15-8-4-5-10-17(15)2/h14-16H,3-13H2,1-2H3. The molecule has 1 N–H and O–H groups in total. The van der Waals surface area contributed by atoms with Crippen LogP contribution in [0.2, 0.25) is 0 Å². The zero-order valence-corrected chi connectivity index (χ0v) is 12.3. The lowest BCUT2D eigenvalue weighted by Gasteiger charge is -2.39. The van der Waals surface area contributed by atoms with Crippen molar-refractivity contribution in [2.24, 2.45) is 0 Å². The number of hydrogen-bond donors (Lipinski definition) is 1. The molecule has 2 heterocycles. The first-order valence-electron chi connectivity index (χ1n) is 7.95. The summed E-state index contributed by atoms with van der Waals surface area (Å²) in [5.41, 5.74) is 0. The van der Waals surface area contributed by atoms with E-state index in [1.54, 1.807) is 0 Å². The van der Waals surface area contributed by atoms with Gasteiger partial charge in [-0.2, -0.15) is 0 Å². The molecule has 2 saturated heterocycles. The molecule has 106 valence electrons. The van der Waals surface area contributed by atoms with E-state index in [9.17, 15) is 0 Å². The van der Waals surface area contributed by atoms with Gasteiger partial charge in [0.05, 0.1) is 0 Å². The van der Waals surface area contributed by atoms with Crippen LogP contribution in [0.15, 0.2) is 0 Å². The van der Waals surface area contributed by atoms with Gasteiger partial charge in [-0.3, -0.25) is 0 Å². The molecule has 2 aliphatic rings. The van der Waals surface area contributed by atoms with Crippen molar-refractivity contribution in [2.75, 3.05) is 39.8 Å².